The summed E-state index contributed by atoms with van der Waals surface area (Å²) in [6, 6.07) is 0. The zero-order valence-corrected chi connectivity index (χ0v) is 15.9. The van der Waals surface area contributed by atoms with E-state index in [1.54, 1.807) is 4.90 Å². The fraction of sp³-hybridized carbons (Fsp3) is 0.706. The van der Waals surface area contributed by atoms with Gasteiger partial charge in [0.25, 0.3) is 0 Å². The second-order valence-electron chi connectivity index (χ2n) is 6.22. The Balaban J connectivity index is 1.87. The van der Waals surface area contributed by atoms with Crippen molar-refractivity contribution < 1.29 is 14.3 Å². The van der Waals surface area contributed by atoms with Crippen molar-refractivity contribution in [3.05, 3.63) is 11.1 Å². The van der Waals surface area contributed by atoms with E-state index in [9.17, 15) is 9.59 Å². The molecule has 1 aliphatic heterocycles. The van der Waals surface area contributed by atoms with Gasteiger partial charge in [-0.1, -0.05) is 13.3 Å². The van der Waals surface area contributed by atoms with Crippen LogP contribution in [0.5, 0.6) is 0 Å². The maximum absolute atomic E-state index is 12.5. The number of anilines is 1. The van der Waals surface area contributed by atoms with Crippen LogP contribution in [0.3, 0.4) is 0 Å². The predicted molar refractivity (Wildman–Crippen MR) is 98.8 cm³/mol. The van der Waals surface area contributed by atoms with Gasteiger partial charge in [-0.15, -0.1) is 11.3 Å². The molecule has 140 valence electrons. The standard InChI is InChI=1S/C17H28N4O3S/c1-3-4-5-16(23)21(7-6-20-8-10-24-11-9-20)12-15(22)19-17-18-14(2)13-25-17/h13H,3-12H2,1-2H3,(H,18,19,22). The molecule has 1 aromatic rings. The molecule has 8 heteroatoms. The lowest BCUT2D eigenvalue weighted by Gasteiger charge is -2.30. The Bertz CT molecular complexity index is 558. The minimum atomic E-state index is -0.193. The van der Waals surface area contributed by atoms with Crippen LogP contribution in [0.15, 0.2) is 5.38 Å². The van der Waals surface area contributed by atoms with Gasteiger partial charge in [-0.05, 0) is 13.3 Å². The van der Waals surface area contributed by atoms with Crippen LogP contribution < -0.4 is 5.32 Å². The molecular formula is C17H28N4O3S. The summed E-state index contributed by atoms with van der Waals surface area (Å²) in [6.07, 6.45) is 2.30. The van der Waals surface area contributed by atoms with Crippen molar-refractivity contribution >= 4 is 28.3 Å². The van der Waals surface area contributed by atoms with Crippen molar-refractivity contribution in [1.82, 2.24) is 14.8 Å². The summed E-state index contributed by atoms with van der Waals surface area (Å²) in [5.74, 6) is -0.151. The number of nitrogens with one attached hydrogen (secondary N) is 1. The molecule has 1 fully saturated rings. The van der Waals surface area contributed by atoms with Gasteiger partial charge < -0.3 is 15.0 Å². The van der Waals surface area contributed by atoms with E-state index in [4.69, 9.17) is 4.74 Å². The summed E-state index contributed by atoms with van der Waals surface area (Å²) in [5.41, 5.74) is 0.878. The second-order valence-corrected chi connectivity index (χ2v) is 7.07. The Morgan fingerprint density at radius 3 is 2.80 bits per heavy atom. The van der Waals surface area contributed by atoms with Gasteiger partial charge in [0, 0.05) is 38.0 Å². The minimum Gasteiger partial charge on any atom is -0.379 e. The average molecular weight is 369 g/mol. The number of amides is 2. The Labute approximate surface area is 153 Å². The number of nitrogens with zero attached hydrogens (tertiary/aromatic N) is 3. The molecule has 1 aliphatic rings. The quantitative estimate of drug-likeness (QED) is 0.719. The second kappa shape index (κ2) is 10.5. The molecule has 0 unspecified atom stereocenters. The molecule has 25 heavy (non-hydrogen) atoms. The third-order valence-corrected chi connectivity index (χ3v) is 4.96. The van der Waals surface area contributed by atoms with Crippen LogP contribution in [0.4, 0.5) is 5.13 Å². The van der Waals surface area contributed by atoms with E-state index in [2.05, 4.69) is 22.1 Å². The van der Waals surface area contributed by atoms with Crippen LogP contribution in [-0.2, 0) is 14.3 Å². The highest BCUT2D eigenvalue weighted by atomic mass is 32.1. The van der Waals surface area contributed by atoms with Gasteiger partial charge in [0.05, 0.1) is 25.5 Å². The van der Waals surface area contributed by atoms with Crippen LogP contribution in [0.25, 0.3) is 0 Å². The first kappa shape index (κ1) is 19.8. The van der Waals surface area contributed by atoms with Gasteiger partial charge >= 0.3 is 0 Å². The largest absolute Gasteiger partial charge is 0.379 e. The Kier molecular flexibility index (Phi) is 8.30. The first-order valence-electron chi connectivity index (χ1n) is 8.88. The van der Waals surface area contributed by atoms with E-state index in [0.717, 1.165) is 51.4 Å². The van der Waals surface area contributed by atoms with Crippen molar-refractivity contribution in [2.24, 2.45) is 0 Å². The lowest BCUT2D eigenvalue weighted by atomic mass is 10.2. The van der Waals surface area contributed by atoms with Crippen LogP contribution in [0, 0.1) is 6.92 Å². The molecule has 2 amide bonds. The van der Waals surface area contributed by atoms with Crippen LogP contribution in [0.2, 0.25) is 0 Å². The number of rotatable bonds is 9. The Morgan fingerprint density at radius 2 is 2.16 bits per heavy atom. The molecule has 1 aromatic heterocycles. The van der Waals surface area contributed by atoms with Crippen LogP contribution >= 0.6 is 11.3 Å². The molecule has 1 saturated heterocycles. The zero-order chi connectivity index (χ0) is 18.1. The molecule has 2 heterocycles. The molecule has 0 radical (unpaired) electrons. The monoisotopic (exact) mass is 368 g/mol. The molecule has 7 nitrogen and oxygen atoms in total. The summed E-state index contributed by atoms with van der Waals surface area (Å²) in [5, 5.41) is 5.25. The lowest BCUT2D eigenvalue weighted by Crippen LogP contribution is -2.45. The number of thiazole rings is 1. The molecule has 0 aromatic carbocycles. The van der Waals surface area contributed by atoms with Gasteiger partial charge in [-0.25, -0.2) is 4.98 Å². The molecule has 0 atom stereocenters. The number of aryl methyl sites for hydroxylation is 1. The molecule has 0 aliphatic carbocycles. The normalized spacial score (nSPS) is 15.1. The van der Waals surface area contributed by atoms with Crippen molar-refractivity contribution in [3.8, 4) is 0 Å². The summed E-state index contributed by atoms with van der Waals surface area (Å²) in [7, 11) is 0. The van der Waals surface area contributed by atoms with Crippen molar-refractivity contribution in [2.45, 2.75) is 33.1 Å². The topological polar surface area (TPSA) is 74.8 Å². The minimum absolute atomic E-state index is 0.0422. The fourth-order valence-corrected chi connectivity index (χ4v) is 3.31. The third kappa shape index (κ3) is 7.09. The van der Waals surface area contributed by atoms with Gasteiger partial charge in [-0.3, -0.25) is 14.5 Å². The van der Waals surface area contributed by atoms with Crippen LogP contribution in [-0.4, -0.2) is 72.5 Å². The molecule has 1 N–H and O–H groups in total. The predicted octanol–water partition coefficient (Wildman–Crippen LogP) is 1.74. The van der Waals surface area contributed by atoms with E-state index < -0.39 is 0 Å². The molecule has 0 bridgehead atoms. The average Bonchev–Trinajstić information content (AvgIpc) is 3.02. The third-order valence-electron chi connectivity index (χ3n) is 4.09. The smallest absolute Gasteiger partial charge is 0.245 e. The first-order valence-corrected chi connectivity index (χ1v) is 9.76. The van der Waals surface area contributed by atoms with E-state index in [1.165, 1.54) is 11.3 Å². The number of ether oxygens (including phenoxy) is 1. The number of morpholine rings is 1. The number of hydrogen-bond donors (Lipinski definition) is 1. The molecular weight excluding hydrogens is 340 g/mol. The van der Waals surface area contributed by atoms with Crippen LogP contribution in [0.1, 0.15) is 31.9 Å². The van der Waals surface area contributed by atoms with E-state index >= 15 is 0 Å². The molecule has 2 rings (SSSR count). The van der Waals surface area contributed by atoms with E-state index in [1.807, 2.05) is 12.3 Å². The van der Waals surface area contributed by atoms with Gasteiger partial charge in [-0.2, -0.15) is 0 Å². The van der Waals surface area contributed by atoms with E-state index in [0.29, 0.717) is 18.1 Å². The summed E-state index contributed by atoms with van der Waals surface area (Å²) in [6.45, 7) is 8.56. The molecule has 0 saturated carbocycles. The Morgan fingerprint density at radius 1 is 1.40 bits per heavy atom. The molecule has 0 spiro atoms. The van der Waals surface area contributed by atoms with E-state index in [-0.39, 0.29) is 18.4 Å². The van der Waals surface area contributed by atoms with Crippen molar-refractivity contribution in [3.63, 3.8) is 0 Å². The Hall–Kier alpha value is -1.51. The first-order chi connectivity index (χ1) is 12.1. The maximum atomic E-state index is 12.5. The highest BCUT2D eigenvalue weighted by molar-refractivity contribution is 7.13. The fourth-order valence-electron chi connectivity index (χ4n) is 2.61. The highest BCUT2D eigenvalue weighted by Gasteiger charge is 2.19. The highest BCUT2D eigenvalue weighted by Crippen LogP contribution is 2.14. The number of carbonyl (C=O) groups excluding carboxylic acids is 2. The van der Waals surface area contributed by atoms with Crippen molar-refractivity contribution in [1.29, 1.82) is 0 Å². The maximum Gasteiger partial charge on any atom is 0.245 e. The zero-order valence-electron chi connectivity index (χ0n) is 15.1. The lowest BCUT2D eigenvalue weighted by molar-refractivity contribution is -0.135. The van der Waals surface area contributed by atoms with Gasteiger partial charge in [0.15, 0.2) is 5.13 Å². The SMILES string of the molecule is CCCCC(=O)N(CCN1CCOCC1)CC(=O)Nc1nc(C)cs1. The number of carbonyl (C=O) groups is 2. The number of unbranched alkanes of at least 4 members (excludes halogenated alkanes) is 1. The van der Waals surface area contributed by atoms with Crippen molar-refractivity contribution in [2.75, 3.05) is 51.3 Å². The summed E-state index contributed by atoms with van der Waals surface area (Å²) < 4.78 is 5.35. The van der Waals surface area contributed by atoms with Gasteiger partial charge in [0.2, 0.25) is 11.8 Å². The summed E-state index contributed by atoms with van der Waals surface area (Å²) >= 11 is 1.39. The summed E-state index contributed by atoms with van der Waals surface area (Å²) in [4.78, 5) is 32.9. The number of hydrogen-bond acceptors (Lipinski definition) is 6. The number of aromatic nitrogens is 1. The van der Waals surface area contributed by atoms with Gasteiger partial charge in [0.1, 0.15) is 0 Å².